The number of hydrogen-bond donors (Lipinski definition) is 4. The molecule has 3 saturated heterocycles. The van der Waals surface area contributed by atoms with Crippen molar-refractivity contribution in [3.8, 4) is 0 Å². The minimum Gasteiger partial charge on any atom is -0.394 e. The Bertz CT molecular complexity index is 549. The quantitative estimate of drug-likeness (QED) is 0.291. The lowest BCUT2D eigenvalue weighted by molar-refractivity contribution is -0.315. The zero-order valence-electron chi connectivity index (χ0n) is 20.7. The molecule has 0 unspecified atom stereocenters. The standard InChI is InChI=1S/C22H40O14/c1-27-21-19-17(15(25)13(11-23)35-21)31-7-3-30-6-10-34-20-18(32-8-4-29-5-9-33-19)16(26)14(12-24)36-22(20)28-2/h13-26H,3-12H2,1-2H3/t13-,14-,15+,16+,17+,18+,19-,20+,21-,22-/m0/s1. The first-order valence-electron chi connectivity index (χ1n) is 12.1. The molecule has 3 aliphatic rings. The number of aliphatic hydroxyl groups excluding tert-OH is 4. The average molecular weight is 529 g/mol. The first-order valence-corrected chi connectivity index (χ1v) is 12.1. The van der Waals surface area contributed by atoms with Gasteiger partial charge in [0.2, 0.25) is 0 Å². The van der Waals surface area contributed by atoms with Crippen LogP contribution in [0.2, 0.25) is 0 Å². The maximum absolute atomic E-state index is 10.6. The van der Waals surface area contributed by atoms with Crippen molar-refractivity contribution >= 4 is 0 Å². The van der Waals surface area contributed by atoms with Crippen molar-refractivity contribution < 1.29 is 67.8 Å². The van der Waals surface area contributed by atoms with Gasteiger partial charge in [-0.15, -0.1) is 0 Å². The molecule has 3 fully saturated rings. The summed E-state index contributed by atoms with van der Waals surface area (Å²) in [6, 6.07) is 0. The highest BCUT2D eigenvalue weighted by Gasteiger charge is 2.48. The van der Waals surface area contributed by atoms with E-state index in [-0.39, 0.29) is 52.9 Å². The maximum atomic E-state index is 10.6. The van der Waals surface area contributed by atoms with E-state index in [0.29, 0.717) is 0 Å². The molecule has 0 saturated carbocycles. The van der Waals surface area contributed by atoms with Gasteiger partial charge in [0, 0.05) is 14.2 Å². The Morgan fingerprint density at radius 3 is 1.19 bits per heavy atom. The fourth-order valence-corrected chi connectivity index (χ4v) is 4.37. The largest absolute Gasteiger partial charge is 0.394 e. The van der Waals surface area contributed by atoms with Crippen molar-refractivity contribution in [1.82, 2.24) is 0 Å². The summed E-state index contributed by atoms with van der Waals surface area (Å²) < 4.78 is 56.5. The molecule has 0 aliphatic carbocycles. The summed E-state index contributed by atoms with van der Waals surface area (Å²) in [5, 5.41) is 40.4. The van der Waals surface area contributed by atoms with Crippen molar-refractivity contribution in [2.24, 2.45) is 0 Å². The maximum Gasteiger partial charge on any atom is 0.186 e. The lowest BCUT2D eigenvalue weighted by Gasteiger charge is -2.43. The van der Waals surface area contributed by atoms with Crippen LogP contribution in [-0.2, 0) is 47.4 Å². The number of fused-ring (bicyclic) bond motifs is 2. The van der Waals surface area contributed by atoms with Crippen LogP contribution in [0.5, 0.6) is 0 Å². The van der Waals surface area contributed by atoms with Gasteiger partial charge < -0.3 is 67.8 Å². The number of aliphatic hydroxyl groups is 4. The number of rotatable bonds is 4. The van der Waals surface area contributed by atoms with E-state index in [0.717, 1.165) is 0 Å². The summed E-state index contributed by atoms with van der Waals surface area (Å²) in [7, 11) is 2.88. The summed E-state index contributed by atoms with van der Waals surface area (Å²) in [6.07, 6.45) is -8.98. The van der Waals surface area contributed by atoms with E-state index in [4.69, 9.17) is 47.4 Å². The topological polar surface area (TPSA) is 173 Å². The molecule has 14 nitrogen and oxygen atoms in total. The van der Waals surface area contributed by atoms with Gasteiger partial charge in [-0.2, -0.15) is 0 Å². The first kappa shape index (κ1) is 30.0. The summed E-state index contributed by atoms with van der Waals surface area (Å²) in [5.74, 6) is 0. The number of methoxy groups -OCH3 is 2. The lowest BCUT2D eigenvalue weighted by atomic mass is 9.98. The Hall–Kier alpha value is -0.560. The molecule has 4 N–H and O–H groups in total. The van der Waals surface area contributed by atoms with E-state index in [1.807, 2.05) is 0 Å². The molecule has 10 atom stereocenters. The van der Waals surface area contributed by atoms with E-state index in [1.165, 1.54) is 14.2 Å². The van der Waals surface area contributed by atoms with Crippen molar-refractivity contribution in [1.29, 1.82) is 0 Å². The molecule has 36 heavy (non-hydrogen) atoms. The predicted molar refractivity (Wildman–Crippen MR) is 118 cm³/mol. The van der Waals surface area contributed by atoms with Gasteiger partial charge in [0.15, 0.2) is 12.6 Å². The third kappa shape index (κ3) is 7.74. The Morgan fingerprint density at radius 1 is 0.556 bits per heavy atom. The van der Waals surface area contributed by atoms with Crippen LogP contribution in [0.15, 0.2) is 0 Å². The molecule has 0 spiro atoms. The van der Waals surface area contributed by atoms with E-state index in [9.17, 15) is 20.4 Å². The molecule has 0 aromatic carbocycles. The van der Waals surface area contributed by atoms with Crippen LogP contribution in [0.4, 0.5) is 0 Å². The Morgan fingerprint density at radius 2 is 0.889 bits per heavy atom. The second-order valence-corrected chi connectivity index (χ2v) is 8.47. The molecule has 0 aromatic rings. The highest BCUT2D eigenvalue weighted by molar-refractivity contribution is 4.92. The van der Waals surface area contributed by atoms with Crippen molar-refractivity contribution in [3.63, 3.8) is 0 Å². The van der Waals surface area contributed by atoms with Gasteiger partial charge in [-0.05, 0) is 0 Å². The average Bonchev–Trinajstić information content (AvgIpc) is 2.89. The summed E-state index contributed by atoms with van der Waals surface area (Å²) in [5.41, 5.74) is 0. The third-order valence-electron chi connectivity index (χ3n) is 6.21. The van der Waals surface area contributed by atoms with E-state index < -0.39 is 74.6 Å². The fourth-order valence-electron chi connectivity index (χ4n) is 4.37. The van der Waals surface area contributed by atoms with Gasteiger partial charge in [0.25, 0.3) is 0 Å². The zero-order valence-corrected chi connectivity index (χ0v) is 20.7. The Kier molecular flexibility index (Phi) is 13.1. The van der Waals surface area contributed by atoms with Crippen LogP contribution in [-0.4, -0.2) is 162 Å². The normalized spacial score (nSPS) is 42.5. The highest BCUT2D eigenvalue weighted by atomic mass is 16.7. The zero-order chi connectivity index (χ0) is 25.9. The molecule has 14 heteroatoms. The summed E-state index contributed by atoms with van der Waals surface area (Å²) in [6.45, 7) is 0.493. The van der Waals surface area contributed by atoms with Gasteiger partial charge in [0.05, 0.1) is 66.1 Å². The predicted octanol–water partition coefficient (Wildman–Crippen LogP) is -2.98. The summed E-state index contributed by atoms with van der Waals surface area (Å²) in [4.78, 5) is 0. The molecule has 212 valence electrons. The lowest BCUT2D eigenvalue weighted by Crippen LogP contribution is -2.61. The second-order valence-electron chi connectivity index (χ2n) is 8.47. The van der Waals surface area contributed by atoms with Gasteiger partial charge in [-0.1, -0.05) is 0 Å². The van der Waals surface area contributed by atoms with Crippen LogP contribution in [0.1, 0.15) is 0 Å². The smallest absolute Gasteiger partial charge is 0.186 e. The van der Waals surface area contributed by atoms with Crippen LogP contribution in [0.3, 0.4) is 0 Å². The Labute approximate surface area is 210 Å². The van der Waals surface area contributed by atoms with Gasteiger partial charge in [-0.25, -0.2) is 0 Å². The van der Waals surface area contributed by atoms with Gasteiger partial charge in [0.1, 0.15) is 48.8 Å². The fraction of sp³-hybridized carbons (Fsp3) is 1.00. The van der Waals surface area contributed by atoms with E-state index in [1.54, 1.807) is 0 Å². The molecular weight excluding hydrogens is 488 g/mol. The van der Waals surface area contributed by atoms with Crippen molar-refractivity contribution in [2.75, 3.05) is 80.3 Å². The van der Waals surface area contributed by atoms with Crippen molar-refractivity contribution in [3.05, 3.63) is 0 Å². The SMILES string of the molecule is CO[C@H]1O[C@@H](CO)[C@@H](O)[C@H]2OCCOCCO[C@H]3[C@@H](OC)O[C@@H](CO)[C@@H](O)[C@H]3OCCOCCO[C@H]12. The van der Waals surface area contributed by atoms with Gasteiger partial charge >= 0.3 is 0 Å². The van der Waals surface area contributed by atoms with Crippen molar-refractivity contribution in [2.45, 2.75) is 61.4 Å². The molecular formula is C22H40O14. The second kappa shape index (κ2) is 15.8. The van der Waals surface area contributed by atoms with Crippen LogP contribution < -0.4 is 0 Å². The summed E-state index contributed by atoms with van der Waals surface area (Å²) >= 11 is 0. The molecule has 0 amide bonds. The molecule has 3 rings (SSSR count). The van der Waals surface area contributed by atoms with E-state index in [2.05, 4.69) is 0 Å². The van der Waals surface area contributed by atoms with Crippen LogP contribution >= 0.6 is 0 Å². The number of ether oxygens (including phenoxy) is 10. The molecule has 3 heterocycles. The monoisotopic (exact) mass is 528 g/mol. The highest BCUT2D eigenvalue weighted by Crippen LogP contribution is 2.28. The Balaban J connectivity index is 1.63. The number of hydrogen-bond acceptors (Lipinski definition) is 14. The van der Waals surface area contributed by atoms with Crippen LogP contribution in [0, 0.1) is 0 Å². The molecule has 0 aromatic heterocycles. The molecule has 0 bridgehead atoms. The third-order valence-corrected chi connectivity index (χ3v) is 6.21. The first-order chi connectivity index (χ1) is 17.5. The minimum absolute atomic E-state index is 0.128. The van der Waals surface area contributed by atoms with E-state index >= 15 is 0 Å². The van der Waals surface area contributed by atoms with Crippen LogP contribution in [0.25, 0.3) is 0 Å². The molecule has 3 aliphatic heterocycles. The van der Waals surface area contributed by atoms with Gasteiger partial charge in [-0.3, -0.25) is 0 Å². The molecule has 0 radical (unpaired) electrons. The minimum atomic E-state index is -1.14.